The maximum Gasteiger partial charge on any atom is 0.352 e. The molecular weight excluding hydrogens is 392 g/mol. The first-order chi connectivity index (χ1) is 13.9. The molecule has 146 valence electrons. The van der Waals surface area contributed by atoms with Crippen LogP contribution in [0.2, 0.25) is 5.02 Å². The number of benzene rings is 2. The Labute approximate surface area is 171 Å². The Morgan fingerprint density at radius 1 is 1.14 bits per heavy atom. The predicted octanol–water partition coefficient (Wildman–Crippen LogP) is 4.08. The van der Waals surface area contributed by atoms with Crippen LogP contribution in [0, 0.1) is 6.92 Å². The van der Waals surface area contributed by atoms with Gasteiger partial charge in [0.2, 0.25) is 0 Å². The molecule has 7 nitrogen and oxygen atoms in total. The van der Waals surface area contributed by atoms with Crippen LogP contribution >= 0.6 is 11.6 Å². The van der Waals surface area contributed by atoms with Crippen molar-refractivity contribution in [1.29, 1.82) is 0 Å². The number of allylic oxidation sites excluding steroid dienone is 1. The summed E-state index contributed by atoms with van der Waals surface area (Å²) in [7, 11) is 0. The van der Waals surface area contributed by atoms with Gasteiger partial charge in [-0.25, -0.2) is 9.48 Å². The predicted molar refractivity (Wildman–Crippen MR) is 110 cm³/mol. The van der Waals surface area contributed by atoms with Gasteiger partial charge in [0, 0.05) is 10.7 Å². The van der Waals surface area contributed by atoms with Gasteiger partial charge in [-0.3, -0.25) is 4.79 Å². The molecular formula is C21H17ClN4O3. The minimum absolute atomic E-state index is 0.0256. The second-order valence-corrected chi connectivity index (χ2v) is 7.11. The zero-order chi connectivity index (χ0) is 20.5. The van der Waals surface area contributed by atoms with Crippen molar-refractivity contribution in [2.45, 2.75) is 13.0 Å². The molecule has 2 heterocycles. The highest BCUT2D eigenvalue weighted by molar-refractivity contribution is 6.30. The summed E-state index contributed by atoms with van der Waals surface area (Å²) in [4.78, 5) is 24.4. The van der Waals surface area contributed by atoms with Crippen molar-refractivity contribution in [3.63, 3.8) is 0 Å². The zero-order valence-corrected chi connectivity index (χ0v) is 16.1. The highest BCUT2D eigenvalue weighted by Crippen LogP contribution is 2.33. The van der Waals surface area contributed by atoms with Crippen molar-refractivity contribution in [2.75, 3.05) is 10.6 Å². The molecule has 0 radical (unpaired) electrons. The summed E-state index contributed by atoms with van der Waals surface area (Å²) in [6.45, 7) is 1.96. The summed E-state index contributed by atoms with van der Waals surface area (Å²) in [6.07, 6.45) is 2.97. The lowest BCUT2D eigenvalue weighted by Gasteiger charge is -2.24. The zero-order valence-electron chi connectivity index (χ0n) is 15.4. The van der Waals surface area contributed by atoms with E-state index in [0.29, 0.717) is 16.5 Å². The number of carboxylic acid groups (broad SMARTS) is 1. The molecule has 1 aromatic heterocycles. The van der Waals surface area contributed by atoms with Crippen molar-refractivity contribution >= 4 is 35.0 Å². The van der Waals surface area contributed by atoms with Crippen LogP contribution < -0.4 is 10.6 Å². The Hall–Kier alpha value is -3.58. The standard InChI is InChI=1S/C21H17ClN4O3/c1-12-2-8-15(9-3-12)24-20(27)16-11-23-26-18(13-4-6-14(22)7-5-13)10-17(21(28)29)25-19(16)26/h2-11,18,25H,1H3,(H,24,27)(H,28,29). The number of carbonyl (C=O) groups is 2. The number of halogens is 1. The van der Waals surface area contributed by atoms with Crippen molar-refractivity contribution < 1.29 is 14.7 Å². The van der Waals surface area contributed by atoms with Gasteiger partial charge in [-0.1, -0.05) is 41.4 Å². The lowest BCUT2D eigenvalue weighted by molar-refractivity contribution is -0.132. The number of carboxylic acids is 1. The van der Waals surface area contributed by atoms with E-state index in [1.807, 2.05) is 19.1 Å². The second-order valence-electron chi connectivity index (χ2n) is 6.68. The van der Waals surface area contributed by atoms with Crippen LogP contribution in [0.1, 0.15) is 27.5 Å². The molecule has 0 saturated carbocycles. The fourth-order valence-electron chi connectivity index (χ4n) is 3.12. The number of amides is 1. The van der Waals surface area contributed by atoms with Gasteiger partial charge < -0.3 is 15.7 Å². The number of aliphatic carboxylic acids is 1. The van der Waals surface area contributed by atoms with Crippen molar-refractivity contribution in [3.8, 4) is 0 Å². The molecule has 1 amide bonds. The van der Waals surface area contributed by atoms with Crippen LogP contribution in [-0.2, 0) is 4.79 Å². The number of aryl methyl sites for hydroxylation is 1. The first kappa shape index (κ1) is 18.8. The van der Waals surface area contributed by atoms with E-state index >= 15 is 0 Å². The van der Waals surface area contributed by atoms with Crippen LogP contribution in [0.25, 0.3) is 0 Å². The first-order valence-corrected chi connectivity index (χ1v) is 9.23. The van der Waals surface area contributed by atoms with Gasteiger partial charge >= 0.3 is 5.97 Å². The topological polar surface area (TPSA) is 96.3 Å². The van der Waals surface area contributed by atoms with E-state index in [-0.39, 0.29) is 17.2 Å². The molecule has 3 N–H and O–H groups in total. The molecule has 1 atom stereocenters. The van der Waals surface area contributed by atoms with E-state index < -0.39 is 12.0 Å². The summed E-state index contributed by atoms with van der Waals surface area (Å²) in [5, 5.41) is 20.0. The Morgan fingerprint density at radius 3 is 2.48 bits per heavy atom. The van der Waals surface area contributed by atoms with Gasteiger partial charge in [-0.15, -0.1) is 0 Å². The van der Waals surface area contributed by atoms with E-state index in [0.717, 1.165) is 11.1 Å². The largest absolute Gasteiger partial charge is 0.477 e. The van der Waals surface area contributed by atoms with Gasteiger partial charge in [0.25, 0.3) is 5.91 Å². The van der Waals surface area contributed by atoms with Crippen LogP contribution in [0.4, 0.5) is 11.5 Å². The minimum Gasteiger partial charge on any atom is -0.477 e. The highest BCUT2D eigenvalue weighted by Gasteiger charge is 2.29. The number of rotatable bonds is 4. The van der Waals surface area contributed by atoms with Gasteiger partial charge in [-0.05, 0) is 42.8 Å². The molecule has 0 bridgehead atoms. The normalized spacial score (nSPS) is 15.1. The third-order valence-electron chi connectivity index (χ3n) is 4.63. The number of carbonyl (C=O) groups excluding carboxylic acids is 1. The third kappa shape index (κ3) is 3.72. The SMILES string of the molecule is Cc1ccc(NC(=O)c2cnn3c2NC(C(=O)O)=CC3c2ccc(Cl)cc2)cc1. The third-order valence-corrected chi connectivity index (χ3v) is 4.88. The molecule has 29 heavy (non-hydrogen) atoms. The minimum atomic E-state index is -1.12. The van der Waals surface area contributed by atoms with E-state index in [1.54, 1.807) is 47.2 Å². The van der Waals surface area contributed by atoms with Crippen LogP contribution in [0.5, 0.6) is 0 Å². The fourth-order valence-corrected chi connectivity index (χ4v) is 3.25. The van der Waals surface area contributed by atoms with Crippen molar-refractivity contribution in [1.82, 2.24) is 9.78 Å². The number of hydrogen-bond acceptors (Lipinski definition) is 4. The number of fused-ring (bicyclic) bond motifs is 1. The van der Waals surface area contributed by atoms with Crippen molar-refractivity contribution in [3.05, 3.63) is 88.2 Å². The molecule has 8 heteroatoms. The summed E-state index contributed by atoms with van der Waals surface area (Å²) in [5.41, 5.74) is 2.73. The van der Waals surface area contributed by atoms with Crippen LogP contribution in [-0.4, -0.2) is 26.8 Å². The Kier molecular flexibility index (Phi) is 4.82. The molecule has 3 aromatic rings. The highest BCUT2D eigenvalue weighted by atomic mass is 35.5. The van der Waals surface area contributed by atoms with E-state index in [1.165, 1.54) is 6.20 Å². The average Bonchev–Trinajstić information content (AvgIpc) is 3.14. The smallest absolute Gasteiger partial charge is 0.352 e. The van der Waals surface area contributed by atoms with E-state index in [2.05, 4.69) is 15.7 Å². The van der Waals surface area contributed by atoms with Gasteiger partial charge in [0.1, 0.15) is 17.1 Å². The van der Waals surface area contributed by atoms with E-state index in [9.17, 15) is 14.7 Å². The lowest BCUT2D eigenvalue weighted by atomic mass is 10.0. The van der Waals surface area contributed by atoms with Gasteiger partial charge in [0.05, 0.1) is 12.2 Å². The monoisotopic (exact) mass is 408 g/mol. The number of nitrogens with zero attached hydrogens (tertiary/aromatic N) is 2. The Balaban J connectivity index is 1.70. The van der Waals surface area contributed by atoms with Crippen molar-refractivity contribution in [2.24, 2.45) is 0 Å². The molecule has 1 aliphatic heterocycles. The number of anilines is 2. The van der Waals surface area contributed by atoms with Gasteiger partial charge in [0.15, 0.2) is 0 Å². The Morgan fingerprint density at radius 2 is 1.83 bits per heavy atom. The molecule has 1 aliphatic rings. The van der Waals surface area contributed by atoms with Crippen LogP contribution in [0.15, 0.2) is 66.5 Å². The summed E-state index contributed by atoms with van der Waals surface area (Å²) < 4.78 is 1.58. The van der Waals surface area contributed by atoms with Gasteiger partial charge in [-0.2, -0.15) is 5.10 Å². The average molecular weight is 409 g/mol. The maximum absolute atomic E-state index is 12.8. The molecule has 2 aromatic carbocycles. The molecule has 4 rings (SSSR count). The quantitative estimate of drug-likeness (QED) is 0.604. The summed E-state index contributed by atoms with van der Waals surface area (Å²) in [5.74, 6) is -1.19. The molecule has 1 unspecified atom stereocenters. The molecule has 0 aliphatic carbocycles. The Bertz CT molecular complexity index is 1120. The molecule has 0 fully saturated rings. The summed E-state index contributed by atoms with van der Waals surface area (Å²) >= 11 is 5.97. The van der Waals surface area contributed by atoms with Crippen LogP contribution in [0.3, 0.4) is 0 Å². The first-order valence-electron chi connectivity index (χ1n) is 8.85. The molecule has 0 saturated heterocycles. The lowest BCUT2D eigenvalue weighted by Crippen LogP contribution is -2.25. The maximum atomic E-state index is 12.8. The number of aromatic nitrogens is 2. The fraction of sp³-hybridized carbons (Fsp3) is 0.0952. The summed E-state index contributed by atoms with van der Waals surface area (Å²) in [6, 6.07) is 13.9. The number of hydrogen-bond donors (Lipinski definition) is 3. The number of nitrogens with one attached hydrogen (secondary N) is 2. The van der Waals surface area contributed by atoms with E-state index in [4.69, 9.17) is 11.6 Å². The molecule has 0 spiro atoms. The second kappa shape index (κ2) is 7.44.